The maximum atomic E-state index is 13.0. The largest absolute Gasteiger partial charge is 0.480 e. The van der Waals surface area contributed by atoms with E-state index < -0.39 is 47.4 Å². The number of nitrogens with zero attached hydrogens (tertiary/aromatic N) is 2. The summed E-state index contributed by atoms with van der Waals surface area (Å²) in [4.78, 5) is 63.4. The fraction of sp³-hybridized carbons (Fsp3) is 0.348. The number of pyridine rings is 1. The third-order valence-electron chi connectivity index (χ3n) is 5.84. The molecule has 3 rings (SSSR count). The van der Waals surface area contributed by atoms with Crippen LogP contribution in [0.1, 0.15) is 36.2 Å². The second kappa shape index (κ2) is 11.4. The van der Waals surface area contributed by atoms with Gasteiger partial charge in [0.05, 0.1) is 10.7 Å². The number of nitrogens with two attached hydrogens (primary N) is 1. The molecule has 3 amide bonds. The number of nitrogens with one attached hydrogen (secondary N) is 2. The summed E-state index contributed by atoms with van der Waals surface area (Å²) in [5, 5.41) is 14.9. The van der Waals surface area contributed by atoms with Crippen LogP contribution in [-0.2, 0) is 14.4 Å². The molecule has 3 atom stereocenters. The summed E-state index contributed by atoms with van der Waals surface area (Å²) in [5.74, 6) is -2.67. The number of carboxylic acid groups (broad SMARTS) is 1. The van der Waals surface area contributed by atoms with Crippen molar-refractivity contribution in [1.29, 1.82) is 0 Å². The Morgan fingerprint density at radius 3 is 2.61 bits per heavy atom. The number of benzene rings is 1. The number of hydrogen-bond donors (Lipinski definition) is 4. The third-order valence-corrected chi connectivity index (χ3v) is 6.36. The maximum Gasteiger partial charge on any atom is 0.326 e. The standard InChI is InChI=1S/C23H25Cl2N5O6/c1-12(20(32)27-14-10-18(23(35)36)30(11-14)19(31)6-7-24)29-8-2-3-17(22(29)34)28-21(33)13-4-5-16(26)15(25)9-13/h2-5,8-9,12,14,18H,6-7,10-11,26H2,1H3,(H,27,32)(H,28,33)(H,35,36)/t12?,14-,18+/m1/s1. The molecule has 0 aliphatic carbocycles. The number of rotatable bonds is 8. The summed E-state index contributed by atoms with van der Waals surface area (Å²) in [7, 11) is 0. The average Bonchev–Trinajstić information content (AvgIpc) is 3.26. The van der Waals surface area contributed by atoms with Crippen LogP contribution in [0.3, 0.4) is 0 Å². The van der Waals surface area contributed by atoms with Crippen LogP contribution < -0.4 is 21.9 Å². The molecule has 13 heteroatoms. The Balaban J connectivity index is 1.72. The number of hydrogen-bond acceptors (Lipinski definition) is 6. The topological polar surface area (TPSA) is 164 Å². The molecule has 1 aliphatic rings. The van der Waals surface area contributed by atoms with Gasteiger partial charge in [-0.25, -0.2) is 4.79 Å². The zero-order chi connectivity index (χ0) is 26.6. The number of nitrogen functional groups attached to an aromatic ring is 1. The normalized spacial score (nSPS) is 17.9. The predicted molar refractivity (Wildman–Crippen MR) is 134 cm³/mol. The number of alkyl halides is 1. The molecule has 5 N–H and O–H groups in total. The fourth-order valence-electron chi connectivity index (χ4n) is 3.90. The van der Waals surface area contributed by atoms with Crippen LogP contribution in [0.25, 0.3) is 0 Å². The van der Waals surface area contributed by atoms with Gasteiger partial charge in [-0.05, 0) is 37.3 Å². The van der Waals surface area contributed by atoms with E-state index in [0.717, 1.165) is 4.57 Å². The van der Waals surface area contributed by atoms with Gasteiger partial charge in [0.1, 0.15) is 17.8 Å². The Hall–Kier alpha value is -3.57. The number of halogens is 2. The van der Waals surface area contributed by atoms with E-state index in [1.165, 1.54) is 48.4 Å². The first-order valence-corrected chi connectivity index (χ1v) is 11.9. The minimum Gasteiger partial charge on any atom is -0.480 e. The first kappa shape index (κ1) is 27.0. The summed E-state index contributed by atoms with van der Waals surface area (Å²) in [5.41, 5.74) is 5.47. The SMILES string of the molecule is CC(C(=O)N[C@@H]1C[C@@H](C(=O)O)N(C(=O)CCCl)C1)n1cccc(NC(=O)c2ccc(N)c(Cl)c2)c1=O. The van der Waals surface area contributed by atoms with Crippen LogP contribution in [0.5, 0.6) is 0 Å². The van der Waals surface area contributed by atoms with Gasteiger partial charge in [0.25, 0.3) is 11.5 Å². The molecule has 1 fully saturated rings. The molecule has 11 nitrogen and oxygen atoms in total. The summed E-state index contributed by atoms with van der Waals surface area (Å²) in [6.07, 6.45) is 1.41. The van der Waals surface area contributed by atoms with Gasteiger partial charge in [-0.3, -0.25) is 19.2 Å². The number of anilines is 2. The Labute approximate surface area is 216 Å². The van der Waals surface area contributed by atoms with Gasteiger partial charge in [-0.1, -0.05) is 11.6 Å². The van der Waals surface area contributed by atoms with E-state index in [4.69, 9.17) is 28.9 Å². The number of aliphatic carboxylic acids is 1. The number of amides is 3. The Morgan fingerprint density at radius 2 is 1.97 bits per heavy atom. The minimum atomic E-state index is -1.18. The predicted octanol–water partition coefficient (Wildman–Crippen LogP) is 1.70. The summed E-state index contributed by atoms with van der Waals surface area (Å²) >= 11 is 11.6. The van der Waals surface area contributed by atoms with Gasteiger partial charge in [0.15, 0.2) is 0 Å². The molecular formula is C23H25Cl2N5O6. The van der Waals surface area contributed by atoms with Crippen molar-refractivity contribution in [1.82, 2.24) is 14.8 Å². The van der Waals surface area contributed by atoms with Crippen molar-refractivity contribution in [2.45, 2.75) is 37.9 Å². The lowest BCUT2D eigenvalue weighted by molar-refractivity contribution is -0.148. The molecule has 1 saturated heterocycles. The molecule has 1 unspecified atom stereocenters. The number of carbonyl (C=O) groups is 4. The number of carbonyl (C=O) groups excluding carboxylic acids is 3. The quantitative estimate of drug-likeness (QED) is 0.294. The second-order valence-electron chi connectivity index (χ2n) is 8.28. The number of aromatic nitrogens is 1. The van der Waals surface area contributed by atoms with Crippen LogP contribution in [0.2, 0.25) is 5.02 Å². The van der Waals surface area contributed by atoms with Crippen LogP contribution in [0.15, 0.2) is 41.3 Å². The van der Waals surface area contributed by atoms with E-state index in [0.29, 0.717) is 5.69 Å². The summed E-state index contributed by atoms with van der Waals surface area (Å²) in [6.45, 7) is 1.50. The van der Waals surface area contributed by atoms with Crippen molar-refractivity contribution in [3.8, 4) is 0 Å². The molecule has 0 saturated carbocycles. The molecular weight excluding hydrogens is 513 g/mol. The molecule has 0 bridgehead atoms. The molecule has 1 aromatic carbocycles. The fourth-order valence-corrected chi connectivity index (χ4v) is 4.24. The zero-order valence-electron chi connectivity index (χ0n) is 19.2. The lowest BCUT2D eigenvalue weighted by Gasteiger charge is -2.21. The van der Waals surface area contributed by atoms with E-state index in [2.05, 4.69) is 10.6 Å². The van der Waals surface area contributed by atoms with Gasteiger partial charge in [-0.2, -0.15) is 0 Å². The Bertz CT molecular complexity index is 1250. The number of likely N-dealkylation sites (tertiary alicyclic amines) is 1. The molecule has 2 aromatic rings. The third kappa shape index (κ3) is 5.97. The Morgan fingerprint density at radius 1 is 1.25 bits per heavy atom. The molecule has 36 heavy (non-hydrogen) atoms. The lowest BCUT2D eigenvalue weighted by atomic mass is 10.1. The van der Waals surface area contributed by atoms with Crippen molar-refractivity contribution in [2.24, 2.45) is 0 Å². The van der Waals surface area contributed by atoms with Crippen LogP contribution in [0, 0.1) is 0 Å². The Kier molecular flexibility index (Phi) is 8.59. The molecule has 0 spiro atoms. The second-order valence-corrected chi connectivity index (χ2v) is 9.07. The molecule has 0 radical (unpaired) electrons. The van der Waals surface area contributed by atoms with E-state index in [-0.39, 0.29) is 41.5 Å². The highest BCUT2D eigenvalue weighted by Crippen LogP contribution is 2.21. The molecule has 2 heterocycles. The zero-order valence-corrected chi connectivity index (χ0v) is 20.8. The first-order chi connectivity index (χ1) is 17.0. The van der Waals surface area contributed by atoms with Crippen molar-refractivity contribution >= 4 is 58.3 Å². The van der Waals surface area contributed by atoms with Crippen molar-refractivity contribution in [2.75, 3.05) is 23.5 Å². The lowest BCUT2D eigenvalue weighted by Crippen LogP contribution is -2.43. The van der Waals surface area contributed by atoms with Gasteiger partial charge in [0, 0.05) is 43.1 Å². The average molecular weight is 538 g/mol. The van der Waals surface area contributed by atoms with Crippen LogP contribution in [-0.4, -0.2) is 62.8 Å². The van der Waals surface area contributed by atoms with Crippen LogP contribution >= 0.6 is 23.2 Å². The molecule has 192 valence electrons. The van der Waals surface area contributed by atoms with E-state index in [9.17, 15) is 29.1 Å². The van der Waals surface area contributed by atoms with Crippen molar-refractivity contribution in [3.63, 3.8) is 0 Å². The first-order valence-electron chi connectivity index (χ1n) is 11.0. The number of carboxylic acids is 1. The van der Waals surface area contributed by atoms with Gasteiger partial charge in [-0.15, -0.1) is 11.6 Å². The molecule has 1 aromatic heterocycles. The van der Waals surface area contributed by atoms with Gasteiger partial charge < -0.3 is 30.9 Å². The van der Waals surface area contributed by atoms with Crippen molar-refractivity contribution < 1.29 is 24.3 Å². The van der Waals surface area contributed by atoms with E-state index >= 15 is 0 Å². The highest BCUT2D eigenvalue weighted by molar-refractivity contribution is 6.33. The van der Waals surface area contributed by atoms with Gasteiger partial charge in [0.2, 0.25) is 11.8 Å². The summed E-state index contributed by atoms with van der Waals surface area (Å²) < 4.78 is 1.14. The van der Waals surface area contributed by atoms with Crippen LogP contribution in [0.4, 0.5) is 11.4 Å². The smallest absolute Gasteiger partial charge is 0.326 e. The summed E-state index contributed by atoms with van der Waals surface area (Å²) in [6, 6.07) is 4.51. The minimum absolute atomic E-state index is 0.0142. The van der Waals surface area contributed by atoms with E-state index in [1.807, 2.05) is 0 Å². The highest BCUT2D eigenvalue weighted by Gasteiger charge is 2.40. The molecule has 1 aliphatic heterocycles. The van der Waals surface area contributed by atoms with Crippen molar-refractivity contribution in [3.05, 3.63) is 57.5 Å². The van der Waals surface area contributed by atoms with Gasteiger partial charge >= 0.3 is 5.97 Å². The maximum absolute atomic E-state index is 13.0. The monoisotopic (exact) mass is 537 g/mol. The van der Waals surface area contributed by atoms with E-state index in [1.54, 1.807) is 0 Å². The highest BCUT2D eigenvalue weighted by atomic mass is 35.5.